The smallest absolute Gasteiger partial charge is 0.0835 e. The second-order valence-electron chi connectivity index (χ2n) is 4.62. The molecule has 0 saturated carbocycles. The summed E-state index contributed by atoms with van der Waals surface area (Å²) in [6.07, 6.45) is 6.30. The quantitative estimate of drug-likeness (QED) is 0.434. The second-order valence-corrected chi connectivity index (χ2v) is 6.23. The summed E-state index contributed by atoms with van der Waals surface area (Å²) >= 11 is 15.7. The first-order valence-electron chi connectivity index (χ1n) is 6.46. The lowest BCUT2D eigenvalue weighted by Crippen LogP contribution is -2.15. The summed E-state index contributed by atoms with van der Waals surface area (Å²) in [5.74, 6) is 0. The molecule has 102 valence electrons. The van der Waals surface area contributed by atoms with Crippen LogP contribution in [0.25, 0.3) is 0 Å². The third-order valence-corrected chi connectivity index (χ3v) is 4.70. The first kappa shape index (κ1) is 16.1. The molecule has 0 saturated heterocycles. The van der Waals surface area contributed by atoms with Crippen molar-refractivity contribution in [3.63, 3.8) is 0 Å². The van der Waals surface area contributed by atoms with Crippen molar-refractivity contribution in [3.05, 3.63) is 26.7 Å². The lowest BCUT2D eigenvalue weighted by Gasteiger charge is -2.17. The van der Waals surface area contributed by atoms with E-state index in [2.05, 4.69) is 35.1 Å². The highest BCUT2D eigenvalue weighted by Crippen LogP contribution is 2.36. The second kappa shape index (κ2) is 8.29. The molecule has 1 rings (SSSR count). The van der Waals surface area contributed by atoms with Gasteiger partial charge in [0, 0.05) is 10.5 Å². The summed E-state index contributed by atoms with van der Waals surface area (Å²) in [5.41, 5.74) is 0.910. The minimum absolute atomic E-state index is 0.414. The van der Waals surface area contributed by atoms with Crippen molar-refractivity contribution in [1.82, 2.24) is 0 Å². The normalized spacial score (nSPS) is 12.5. The van der Waals surface area contributed by atoms with Crippen LogP contribution in [0.2, 0.25) is 10.0 Å². The topological polar surface area (TPSA) is 12.0 Å². The van der Waals surface area contributed by atoms with Crippen molar-refractivity contribution in [2.75, 3.05) is 5.32 Å². The summed E-state index contributed by atoms with van der Waals surface area (Å²) in [5, 5.41) is 4.58. The Morgan fingerprint density at radius 3 is 2.56 bits per heavy atom. The first-order valence-corrected chi connectivity index (χ1v) is 8.01. The summed E-state index contributed by atoms with van der Waals surface area (Å²) < 4.78 is 0.829. The molecule has 0 heterocycles. The van der Waals surface area contributed by atoms with Gasteiger partial charge in [-0.25, -0.2) is 0 Å². The Hall–Kier alpha value is 0.0800. The van der Waals surface area contributed by atoms with E-state index in [0.717, 1.165) is 16.6 Å². The number of rotatable bonds is 7. The number of hydrogen-bond donors (Lipinski definition) is 1. The Balaban J connectivity index is 2.49. The van der Waals surface area contributed by atoms with Crippen LogP contribution in [0.5, 0.6) is 0 Å². The fourth-order valence-electron chi connectivity index (χ4n) is 1.85. The minimum Gasteiger partial charge on any atom is -0.381 e. The molecular weight excluding hydrogens is 333 g/mol. The zero-order valence-corrected chi connectivity index (χ0v) is 14.0. The number of benzene rings is 1. The molecule has 1 aromatic rings. The van der Waals surface area contributed by atoms with E-state index in [-0.39, 0.29) is 0 Å². The monoisotopic (exact) mass is 351 g/mol. The summed E-state index contributed by atoms with van der Waals surface area (Å²) in [4.78, 5) is 0. The van der Waals surface area contributed by atoms with Crippen LogP contribution in [0.15, 0.2) is 16.6 Å². The molecule has 0 aliphatic heterocycles. The van der Waals surface area contributed by atoms with Crippen molar-refractivity contribution >= 4 is 44.8 Å². The molecule has 18 heavy (non-hydrogen) atoms. The highest BCUT2D eigenvalue weighted by molar-refractivity contribution is 9.10. The molecular formula is C14H20BrCl2N. The van der Waals surface area contributed by atoms with Crippen LogP contribution < -0.4 is 5.32 Å². The average molecular weight is 353 g/mol. The van der Waals surface area contributed by atoms with E-state index in [4.69, 9.17) is 23.2 Å². The van der Waals surface area contributed by atoms with Crippen molar-refractivity contribution < 1.29 is 0 Å². The van der Waals surface area contributed by atoms with Crippen molar-refractivity contribution in [1.29, 1.82) is 0 Å². The van der Waals surface area contributed by atoms with Crippen LogP contribution in [0, 0.1) is 0 Å². The molecule has 0 aromatic heterocycles. The average Bonchev–Trinajstić information content (AvgIpc) is 2.35. The Labute approximate surface area is 128 Å². The molecule has 0 fully saturated rings. The van der Waals surface area contributed by atoms with Crippen molar-refractivity contribution in [2.24, 2.45) is 0 Å². The lowest BCUT2D eigenvalue weighted by atomic mass is 10.1. The van der Waals surface area contributed by atoms with Crippen molar-refractivity contribution in [3.8, 4) is 0 Å². The van der Waals surface area contributed by atoms with Gasteiger partial charge in [0.2, 0.25) is 0 Å². The molecule has 4 heteroatoms. The summed E-state index contributed by atoms with van der Waals surface area (Å²) in [6.45, 7) is 4.41. The summed E-state index contributed by atoms with van der Waals surface area (Å²) in [7, 11) is 0. The SMILES string of the molecule is CCCCCCC(C)Nc1ccc(Br)c(Cl)c1Cl. The molecule has 0 bridgehead atoms. The van der Waals surface area contributed by atoms with Gasteiger partial charge in [0.05, 0.1) is 15.7 Å². The molecule has 1 aromatic carbocycles. The maximum Gasteiger partial charge on any atom is 0.0835 e. The number of anilines is 1. The molecule has 0 radical (unpaired) electrons. The first-order chi connectivity index (χ1) is 8.56. The minimum atomic E-state index is 0.414. The van der Waals surface area contributed by atoms with Crippen LogP contribution in [0.4, 0.5) is 5.69 Å². The van der Waals surface area contributed by atoms with E-state index in [1.54, 1.807) is 0 Å². The summed E-state index contributed by atoms with van der Waals surface area (Å²) in [6, 6.07) is 4.29. The molecule has 1 N–H and O–H groups in total. The van der Waals surface area contributed by atoms with Gasteiger partial charge in [-0.15, -0.1) is 0 Å². The standard InChI is InChI=1S/C14H20BrCl2N/c1-3-4-5-6-7-10(2)18-12-9-8-11(15)13(16)14(12)17/h8-10,18H,3-7H2,1-2H3. The number of nitrogens with one attached hydrogen (secondary N) is 1. The van der Waals surface area contributed by atoms with Gasteiger partial charge < -0.3 is 5.32 Å². The largest absolute Gasteiger partial charge is 0.381 e. The van der Waals surface area contributed by atoms with Gasteiger partial charge in [0.1, 0.15) is 0 Å². The number of hydrogen-bond acceptors (Lipinski definition) is 1. The Morgan fingerprint density at radius 1 is 1.17 bits per heavy atom. The Bertz CT molecular complexity index is 382. The molecule has 1 nitrogen and oxygen atoms in total. The van der Waals surface area contributed by atoms with E-state index in [9.17, 15) is 0 Å². The van der Waals surface area contributed by atoms with E-state index in [1.807, 2.05) is 12.1 Å². The van der Waals surface area contributed by atoms with Gasteiger partial charge in [0.25, 0.3) is 0 Å². The molecule has 0 aliphatic rings. The van der Waals surface area contributed by atoms with E-state index < -0.39 is 0 Å². The van der Waals surface area contributed by atoms with Gasteiger partial charge in [-0.2, -0.15) is 0 Å². The molecule has 1 unspecified atom stereocenters. The Morgan fingerprint density at radius 2 is 1.89 bits per heavy atom. The molecule has 0 aliphatic carbocycles. The lowest BCUT2D eigenvalue weighted by molar-refractivity contribution is 0.594. The fraction of sp³-hybridized carbons (Fsp3) is 0.571. The Kier molecular flexibility index (Phi) is 7.43. The maximum atomic E-state index is 6.20. The van der Waals surface area contributed by atoms with E-state index in [0.29, 0.717) is 16.1 Å². The fourth-order valence-corrected chi connectivity index (χ4v) is 2.68. The van der Waals surface area contributed by atoms with E-state index >= 15 is 0 Å². The predicted octanol–water partition coefficient (Wildman–Crippen LogP) is 6.53. The predicted molar refractivity (Wildman–Crippen MR) is 86.0 cm³/mol. The highest BCUT2D eigenvalue weighted by Gasteiger charge is 2.10. The molecule has 1 atom stereocenters. The molecule has 0 amide bonds. The van der Waals surface area contributed by atoms with Gasteiger partial charge in [-0.3, -0.25) is 0 Å². The van der Waals surface area contributed by atoms with Gasteiger partial charge >= 0.3 is 0 Å². The van der Waals surface area contributed by atoms with Crippen LogP contribution in [0.3, 0.4) is 0 Å². The third-order valence-electron chi connectivity index (χ3n) is 2.93. The van der Waals surface area contributed by atoms with Crippen LogP contribution >= 0.6 is 39.1 Å². The third kappa shape index (κ3) is 4.99. The van der Waals surface area contributed by atoms with Crippen LogP contribution in [-0.4, -0.2) is 6.04 Å². The number of halogens is 3. The van der Waals surface area contributed by atoms with Gasteiger partial charge in [0.15, 0.2) is 0 Å². The zero-order valence-electron chi connectivity index (χ0n) is 10.9. The van der Waals surface area contributed by atoms with Crippen LogP contribution in [-0.2, 0) is 0 Å². The molecule has 0 spiro atoms. The van der Waals surface area contributed by atoms with Crippen LogP contribution in [0.1, 0.15) is 46.0 Å². The maximum absolute atomic E-state index is 6.20. The number of unbranched alkanes of at least 4 members (excludes halogenated alkanes) is 3. The zero-order chi connectivity index (χ0) is 13.5. The van der Waals surface area contributed by atoms with Crippen molar-refractivity contribution in [2.45, 2.75) is 52.0 Å². The highest BCUT2D eigenvalue weighted by atomic mass is 79.9. The van der Waals surface area contributed by atoms with Gasteiger partial charge in [-0.05, 0) is 41.4 Å². The van der Waals surface area contributed by atoms with E-state index in [1.165, 1.54) is 25.7 Å². The van der Waals surface area contributed by atoms with Gasteiger partial charge in [-0.1, -0.05) is 55.8 Å².